The van der Waals surface area contributed by atoms with Gasteiger partial charge in [0.25, 0.3) is 5.89 Å². The summed E-state index contributed by atoms with van der Waals surface area (Å²) in [5, 5.41) is 7.30. The van der Waals surface area contributed by atoms with Crippen molar-refractivity contribution >= 4 is 11.7 Å². The van der Waals surface area contributed by atoms with Gasteiger partial charge in [-0.3, -0.25) is 9.69 Å². The average molecular weight is 427 g/mol. The van der Waals surface area contributed by atoms with Gasteiger partial charge in [0, 0.05) is 49.9 Å². The largest absolute Gasteiger partial charge is 0.354 e. The number of hydrogen-bond acceptors (Lipinski definition) is 7. The molecule has 0 bridgehead atoms. The number of amides is 1. The molecule has 8 nitrogen and oxygen atoms in total. The predicted octanol–water partition coefficient (Wildman–Crippen LogP) is 3.07. The summed E-state index contributed by atoms with van der Waals surface area (Å²) in [6.45, 7) is 10.2. The summed E-state index contributed by atoms with van der Waals surface area (Å²) in [7, 11) is 0. The van der Waals surface area contributed by atoms with E-state index in [-0.39, 0.29) is 11.8 Å². The van der Waals surface area contributed by atoms with Gasteiger partial charge in [0.1, 0.15) is 5.82 Å². The smallest absolute Gasteiger partial charge is 0.258 e. The van der Waals surface area contributed by atoms with Crippen LogP contribution in [0.5, 0.6) is 0 Å². The topological polar surface area (TPSA) is 87.4 Å². The Hall–Kier alpha value is -2.48. The Balaban J connectivity index is 1.29. The molecule has 31 heavy (non-hydrogen) atoms. The number of pyridine rings is 1. The maximum absolute atomic E-state index is 12.5. The third-order valence-corrected chi connectivity index (χ3v) is 6.32. The van der Waals surface area contributed by atoms with Crippen LogP contribution in [0.25, 0.3) is 11.5 Å². The summed E-state index contributed by atoms with van der Waals surface area (Å²) in [6, 6.07) is 4.25. The van der Waals surface area contributed by atoms with Gasteiger partial charge in [0.15, 0.2) is 5.82 Å². The Bertz CT molecular complexity index is 874. The van der Waals surface area contributed by atoms with Crippen molar-refractivity contribution in [3.8, 4) is 11.5 Å². The second kappa shape index (κ2) is 9.77. The lowest BCUT2D eigenvalue weighted by Gasteiger charge is -2.35. The van der Waals surface area contributed by atoms with Crippen LogP contribution in [-0.2, 0) is 4.79 Å². The lowest BCUT2D eigenvalue weighted by atomic mass is 9.87. The fourth-order valence-corrected chi connectivity index (χ4v) is 4.49. The maximum Gasteiger partial charge on any atom is 0.258 e. The van der Waals surface area contributed by atoms with E-state index in [0.29, 0.717) is 24.3 Å². The molecule has 2 atom stereocenters. The highest BCUT2D eigenvalue weighted by Crippen LogP contribution is 2.25. The zero-order valence-corrected chi connectivity index (χ0v) is 18.9. The number of carbonyl (C=O) groups excluding carboxylic acids is 1. The first kappa shape index (κ1) is 21.7. The standard InChI is InChI=1S/C23H34N6O2/c1-16(2)22-26-23(31-27-22)18-7-8-24-20(14-18)29-11-9-28(10-12-29)15-21(30)25-19-6-4-5-17(3)13-19/h7-8,14,16-17,19H,4-6,9-13,15H2,1-3H3,(H,25,30). The van der Waals surface area contributed by atoms with Crippen LogP contribution in [0.1, 0.15) is 58.2 Å². The quantitative estimate of drug-likeness (QED) is 0.759. The zero-order chi connectivity index (χ0) is 21.8. The molecule has 168 valence electrons. The molecule has 3 heterocycles. The molecule has 2 unspecified atom stereocenters. The first-order valence-corrected chi connectivity index (χ1v) is 11.5. The van der Waals surface area contributed by atoms with E-state index in [1.807, 2.05) is 26.0 Å². The molecule has 1 aliphatic carbocycles. The van der Waals surface area contributed by atoms with Gasteiger partial charge in [0.2, 0.25) is 5.91 Å². The molecular formula is C23H34N6O2. The molecule has 0 aromatic carbocycles. The van der Waals surface area contributed by atoms with Crippen molar-refractivity contribution in [1.29, 1.82) is 0 Å². The van der Waals surface area contributed by atoms with Crippen LogP contribution in [0, 0.1) is 5.92 Å². The average Bonchev–Trinajstić information content (AvgIpc) is 3.25. The van der Waals surface area contributed by atoms with Crippen molar-refractivity contribution in [2.24, 2.45) is 5.92 Å². The summed E-state index contributed by atoms with van der Waals surface area (Å²) >= 11 is 0. The minimum atomic E-state index is 0.157. The van der Waals surface area contributed by atoms with Crippen molar-refractivity contribution in [2.45, 2.75) is 58.4 Å². The van der Waals surface area contributed by atoms with Crippen LogP contribution in [0.3, 0.4) is 0 Å². The molecule has 2 aliphatic rings. The monoisotopic (exact) mass is 426 g/mol. The lowest BCUT2D eigenvalue weighted by molar-refractivity contribution is -0.123. The van der Waals surface area contributed by atoms with Crippen LogP contribution >= 0.6 is 0 Å². The summed E-state index contributed by atoms with van der Waals surface area (Å²) in [6.07, 6.45) is 6.52. The van der Waals surface area contributed by atoms with E-state index in [4.69, 9.17) is 4.52 Å². The predicted molar refractivity (Wildman–Crippen MR) is 120 cm³/mol. The Morgan fingerprint density at radius 2 is 2.06 bits per heavy atom. The lowest BCUT2D eigenvalue weighted by Crippen LogP contribution is -2.51. The number of carbonyl (C=O) groups is 1. The van der Waals surface area contributed by atoms with Crippen molar-refractivity contribution < 1.29 is 9.32 Å². The van der Waals surface area contributed by atoms with E-state index < -0.39 is 0 Å². The number of aromatic nitrogens is 3. The van der Waals surface area contributed by atoms with Gasteiger partial charge in [-0.25, -0.2) is 4.98 Å². The van der Waals surface area contributed by atoms with Crippen LogP contribution < -0.4 is 10.2 Å². The third-order valence-electron chi connectivity index (χ3n) is 6.32. The summed E-state index contributed by atoms with van der Waals surface area (Å²) in [5.41, 5.74) is 0.882. The van der Waals surface area contributed by atoms with Crippen LogP contribution in [0.4, 0.5) is 5.82 Å². The highest BCUT2D eigenvalue weighted by Gasteiger charge is 2.24. The molecule has 2 aromatic rings. The van der Waals surface area contributed by atoms with E-state index in [0.717, 1.165) is 56.3 Å². The van der Waals surface area contributed by atoms with Crippen LogP contribution in [0.15, 0.2) is 22.9 Å². The van der Waals surface area contributed by atoms with Crippen molar-refractivity contribution in [1.82, 2.24) is 25.3 Å². The fourth-order valence-electron chi connectivity index (χ4n) is 4.49. The van der Waals surface area contributed by atoms with Gasteiger partial charge in [0.05, 0.1) is 6.54 Å². The van der Waals surface area contributed by atoms with Gasteiger partial charge in [-0.1, -0.05) is 38.8 Å². The molecule has 0 radical (unpaired) electrons. The number of nitrogens with zero attached hydrogens (tertiary/aromatic N) is 5. The minimum absolute atomic E-state index is 0.157. The Morgan fingerprint density at radius 3 is 2.77 bits per heavy atom. The Kier molecular flexibility index (Phi) is 6.85. The molecule has 2 fully saturated rings. The summed E-state index contributed by atoms with van der Waals surface area (Å²) < 4.78 is 5.42. The normalized spacial score (nSPS) is 22.6. The number of rotatable bonds is 6. The molecular weight excluding hydrogens is 392 g/mol. The number of piperazine rings is 1. The van der Waals surface area contributed by atoms with Gasteiger partial charge in [-0.05, 0) is 30.9 Å². The van der Waals surface area contributed by atoms with E-state index in [1.54, 1.807) is 6.20 Å². The van der Waals surface area contributed by atoms with Crippen LogP contribution in [-0.4, -0.2) is 64.7 Å². The molecule has 8 heteroatoms. The minimum Gasteiger partial charge on any atom is -0.354 e. The number of nitrogens with one attached hydrogen (secondary N) is 1. The van der Waals surface area contributed by atoms with Gasteiger partial charge < -0.3 is 14.7 Å². The van der Waals surface area contributed by atoms with E-state index >= 15 is 0 Å². The zero-order valence-electron chi connectivity index (χ0n) is 18.9. The second-order valence-electron chi connectivity index (χ2n) is 9.31. The van der Waals surface area contributed by atoms with Crippen LogP contribution in [0.2, 0.25) is 0 Å². The van der Waals surface area contributed by atoms with Crippen molar-refractivity contribution in [2.75, 3.05) is 37.6 Å². The molecule has 1 N–H and O–H groups in total. The van der Waals surface area contributed by atoms with E-state index in [9.17, 15) is 4.79 Å². The van der Waals surface area contributed by atoms with E-state index in [1.165, 1.54) is 12.8 Å². The van der Waals surface area contributed by atoms with Gasteiger partial charge in [-0.15, -0.1) is 0 Å². The first-order chi connectivity index (χ1) is 15.0. The fraction of sp³-hybridized carbons (Fsp3) is 0.652. The Labute approximate surface area is 184 Å². The summed E-state index contributed by atoms with van der Waals surface area (Å²) in [5.74, 6) is 3.25. The molecule has 1 amide bonds. The molecule has 0 spiro atoms. The molecule has 1 saturated carbocycles. The van der Waals surface area contributed by atoms with E-state index in [2.05, 4.69) is 37.2 Å². The van der Waals surface area contributed by atoms with Crippen molar-refractivity contribution in [3.05, 3.63) is 24.2 Å². The number of anilines is 1. The first-order valence-electron chi connectivity index (χ1n) is 11.5. The Morgan fingerprint density at radius 1 is 1.26 bits per heavy atom. The molecule has 4 rings (SSSR count). The number of hydrogen-bond donors (Lipinski definition) is 1. The summed E-state index contributed by atoms with van der Waals surface area (Å²) in [4.78, 5) is 26.0. The molecule has 1 aliphatic heterocycles. The third kappa shape index (κ3) is 5.61. The highest BCUT2D eigenvalue weighted by atomic mass is 16.5. The van der Waals surface area contributed by atoms with Gasteiger partial charge >= 0.3 is 0 Å². The highest BCUT2D eigenvalue weighted by molar-refractivity contribution is 5.78. The molecule has 1 saturated heterocycles. The molecule has 2 aromatic heterocycles. The van der Waals surface area contributed by atoms with Crippen molar-refractivity contribution in [3.63, 3.8) is 0 Å². The second-order valence-corrected chi connectivity index (χ2v) is 9.31. The SMILES string of the molecule is CC1CCCC(NC(=O)CN2CCN(c3cc(-c4nc(C(C)C)no4)ccn3)CC2)C1. The maximum atomic E-state index is 12.5. The van der Waals surface area contributed by atoms with Gasteiger partial charge in [-0.2, -0.15) is 4.98 Å².